The topological polar surface area (TPSA) is 43.4 Å². The maximum Gasteiger partial charge on any atom is 0.316 e. The highest BCUT2D eigenvalue weighted by Gasteiger charge is 2.24. The van der Waals surface area contributed by atoms with Gasteiger partial charge in [0.15, 0.2) is 0 Å². The first-order chi connectivity index (χ1) is 5.67. The van der Waals surface area contributed by atoms with Crippen molar-refractivity contribution in [3.63, 3.8) is 0 Å². The molecule has 0 aromatic carbocycles. The summed E-state index contributed by atoms with van der Waals surface area (Å²) in [5, 5.41) is 0. The van der Waals surface area contributed by atoms with E-state index in [1.165, 1.54) is 7.11 Å². The van der Waals surface area contributed by atoms with Crippen molar-refractivity contribution in [2.24, 2.45) is 5.92 Å². The van der Waals surface area contributed by atoms with Gasteiger partial charge < -0.3 is 4.74 Å². The Balaban J connectivity index is 4.21. The lowest BCUT2D eigenvalue weighted by Crippen LogP contribution is -2.24. The molecule has 70 valence electrons. The van der Waals surface area contributed by atoms with Crippen LogP contribution in [-0.4, -0.2) is 18.9 Å². The van der Waals surface area contributed by atoms with Crippen LogP contribution < -0.4 is 0 Å². The van der Waals surface area contributed by atoms with Crippen molar-refractivity contribution in [1.29, 1.82) is 0 Å². The van der Waals surface area contributed by atoms with Crippen LogP contribution in [0.15, 0.2) is 0 Å². The van der Waals surface area contributed by atoms with Gasteiger partial charge in [0.2, 0.25) is 0 Å². The maximum absolute atomic E-state index is 11.2. The Bertz CT molecular complexity index is 147. The second-order valence-electron chi connectivity index (χ2n) is 2.68. The van der Waals surface area contributed by atoms with Gasteiger partial charge in [-0.1, -0.05) is 20.3 Å². The normalized spacial score (nSPS) is 12.2. The van der Waals surface area contributed by atoms with Crippen molar-refractivity contribution in [3.8, 4) is 0 Å². The summed E-state index contributed by atoms with van der Waals surface area (Å²) in [6.07, 6.45) is 1.82. The number of ketones is 1. The van der Waals surface area contributed by atoms with Crippen LogP contribution in [0.25, 0.3) is 0 Å². The van der Waals surface area contributed by atoms with Gasteiger partial charge in [0.1, 0.15) is 11.7 Å². The molecule has 0 aliphatic heterocycles. The lowest BCUT2D eigenvalue weighted by molar-refractivity contribution is -0.149. The molecule has 0 N–H and O–H groups in total. The fraction of sp³-hybridized carbons (Fsp3) is 0.778. The average Bonchev–Trinajstić information content (AvgIpc) is 2.11. The van der Waals surface area contributed by atoms with E-state index < -0.39 is 11.9 Å². The van der Waals surface area contributed by atoms with E-state index in [0.29, 0.717) is 12.8 Å². The smallest absolute Gasteiger partial charge is 0.316 e. The van der Waals surface area contributed by atoms with Crippen LogP contribution in [0.4, 0.5) is 0 Å². The Morgan fingerprint density at radius 1 is 1.33 bits per heavy atom. The van der Waals surface area contributed by atoms with Crippen molar-refractivity contribution < 1.29 is 14.3 Å². The number of ether oxygens (including phenoxy) is 1. The molecule has 0 amide bonds. The minimum atomic E-state index is -0.537. The highest BCUT2D eigenvalue weighted by atomic mass is 16.5. The van der Waals surface area contributed by atoms with Crippen molar-refractivity contribution in [3.05, 3.63) is 0 Å². The zero-order chi connectivity index (χ0) is 9.56. The Morgan fingerprint density at radius 2 is 1.92 bits per heavy atom. The van der Waals surface area contributed by atoms with Gasteiger partial charge in [-0.15, -0.1) is 0 Å². The molecule has 0 heterocycles. The molecule has 0 aliphatic rings. The number of rotatable bonds is 5. The van der Waals surface area contributed by atoms with Crippen LogP contribution in [0.5, 0.6) is 0 Å². The van der Waals surface area contributed by atoms with Gasteiger partial charge in [-0.05, 0) is 6.42 Å². The van der Waals surface area contributed by atoms with Crippen LogP contribution in [-0.2, 0) is 14.3 Å². The molecule has 0 spiro atoms. The fourth-order valence-electron chi connectivity index (χ4n) is 1.09. The molecule has 1 atom stereocenters. The highest BCUT2D eigenvalue weighted by Crippen LogP contribution is 2.11. The lowest BCUT2D eigenvalue weighted by Gasteiger charge is -2.10. The largest absolute Gasteiger partial charge is 0.468 e. The van der Waals surface area contributed by atoms with E-state index in [2.05, 4.69) is 4.74 Å². The van der Waals surface area contributed by atoms with E-state index >= 15 is 0 Å². The summed E-state index contributed by atoms with van der Waals surface area (Å²) in [5.74, 6) is -0.961. The summed E-state index contributed by atoms with van der Waals surface area (Å²) in [4.78, 5) is 22.3. The standard InChI is InChI=1S/C9H16O3/c1-4-6-7(8(10)5-2)9(11)12-3/h7H,4-6H2,1-3H3/t7-/m1/s1. The quantitative estimate of drug-likeness (QED) is 0.467. The molecule has 3 heteroatoms. The van der Waals surface area contributed by atoms with Crippen LogP contribution >= 0.6 is 0 Å². The highest BCUT2D eigenvalue weighted by molar-refractivity contribution is 5.98. The summed E-state index contributed by atoms with van der Waals surface area (Å²) >= 11 is 0. The molecule has 0 unspecified atom stereocenters. The van der Waals surface area contributed by atoms with Crippen molar-refractivity contribution in [1.82, 2.24) is 0 Å². The Kier molecular flexibility index (Phi) is 5.34. The molecule has 12 heavy (non-hydrogen) atoms. The van der Waals surface area contributed by atoms with Gasteiger partial charge in [-0.3, -0.25) is 9.59 Å². The van der Waals surface area contributed by atoms with Gasteiger partial charge >= 0.3 is 5.97 Å². The predicted octanol–water partition coefficient (Wildman–Crippen LogP) is 1.55. The van der Waals surface area contributed by atoms with Crippen LogP contribution in [0.3, 0.4) is 0 Å². The molecule has 0 aromatic rings. The number of esters is 1. The van der Waals surface area contributed by atoms with Gasteiger partial charge in [0.05, 0.1) is 7.11 Å². The average molecular weight is 172 g/mol. The monoisotopic (exact) mass is 172 g/mol. The van der Waals surface area contributed by atoms with Crippen LogP contribution in [0.1, 0.15) is 33.1 Å². The van der Waals surface area contributed by atoms with E-state index in [1.54, 1.807) is 6.92 Å². The predicted molar refractivity (Wildman–Crippen MR) is 45.7 cm³/mol. The summed E-state index contributed by atoms with van der Waals surface area (Å²) in [7, 11) is 1.31. The molecule has 0 rings (SSSR count). The van der Waals surface area contributed by atoms with Crippen molar-refractivity contribution >= 4 is 11.8 Å². The Morgan fingerprint density at radius 3 is 2.25 bits per heavy atom. The summed E-state index contributed by atoms with van der Waals surface area (Å²) in [5.41, 5.74) is 0. The Labute approximate surface area is 73.1 Å². The SMILES string of the molecule is CCC[C@H](C(=O)CC)C(=O)OC. The van der Waals surface area contributed by atoms with E-state index in [1.807, 2.05) is 6.92 Å². The molecular formula is C9H16O3. The number of Topliss-reactive ketones (excluding diaryl/α,β-unsaturated/α-hetero) is 1. The molecule has 0 saturated heterocycles. The molecule has 0 bridgehead atoms. The second kappa shape index (κ2) is 5.75. The molecular weight excluding hydrogens is 156 g/mol. The third-order valence-electron chi connectivity index (χ3n) is 1.80. The zero-order valence-electron chi connectivity index (χ0n) is 7.92. The van der Waals surface area contributed by atoms with E-state index in [0.717, 1.165) is 6.42 Å². The van der Waals surface area contributed by atoms with Crippen molar-refractivity contribution in [2.75, 3.05) is 7.11 Å². The second-order valence-corrected chi connectivity index (χ2v) is 2.68. The first kappa shape index (κ1) is 11.1. The summed E-state index contributed by atoms with van der Waals surface area (Å²) in [6.45, 7) is 3.70. The van der Waals surface area contributed by atoms with Gasteiger partial charge in [-0.2, -0.15) is 0 Å². The first-order valence-electron chi connectivity index (χ1n) is 4.27. The van der Waals surface area contributed by atoms with E-state index in [9.17, 15) is 9.59 Å². The zero-order valence-corrected chi connectivity index (χ0v) is 7.92. The number of hydrogen-bond acceptors (Lipinski definition) is 3. The van der Waals surface area contributed by atoms with E-state index in [4.69, 9.17) is 0 Å². The minimum Gasteiger partial charge on any atom is -0.468 e. The number of methoxy groups -OCH3 is 1. The summed E-state index contributed by atoms with van der Waals surface area (Å²) < 4.78 is 4.53. The molecule has 0 aromatic heterocycles. The third kappa shape index (κ3) is 3.03. The van der Waals surface area contributed by atoms with E-state index in [-0.39, 0.29) is 5.78 Å². The fourth-order valence-corrected chi connectivity index (χ4v) is 1.09. The molecule has 3 nitrogen and oxygen atoms in total. The van der Waals surface area contributed by atoms with Gasteiger partial charge in [0, 0.05) is 6.42 Å². The summed E-state index contributed by atoms with van der Waals surface area (Å²) in [6, 6.07) is 0. The molecule has 0 fully saturated rings. The molecule has 0 radical (unpaired) electrons. The number of carbonyl (C=O) groups excluding carboxylic acids is 2. The molecule has 0 aliphatic carbocycles. The third-order valence-corrected chi connectivity index (χ3v) is 1.80. The Hall–Kier alpha value is -0.860. The van der Waals surface area contributed by atoms with Crippen LogP contribution in [0, 0.1) is 5.92 Å². The van der Waals surface area contributed by atoms with Gasteiger partial charge in [0.25, 0.3) is 0 Å². The maximum atomic E-state index is 11.2. The number of hydrogen-bond donors (Lipinski definition) is 0. The molecule has 0 saturated carbocycles. The first-order valence-corrected chi connectivity index (χ1v) is 4.27. The van der Waals surface area contributed by atoms with Crippen molar-refractivity contribution in [2.45, 2.75) is 33.1 Å². The number of carbonyl (C=O) groups is 2. The van der Waals surface area contributed by atoms with Crippen LogP contribution in [0.2, 0.25) is 0 Å². The lowest BCUT2D eigenvalue weighted by atomic mass is 9.97. The minimum absolute atomic E-state index is 0.0244. The van der Waals surface area contributed by atoms with Gasteiger partial charge in [-0.25, -0.2) is 0 Å².